The van der Waals surface area contributed by atoms with Crippen LogP contribution >= 0.6 is 0 Å². The Balaban J connectivity index is 1.43. The van der Waals surface area contributed by atoms with E-state index < -0.39 is 16.1 Å². The number of morpholine rings is 1. The second kappa shape index (κ2) is 10.4. The summed E-state index contributed by atoms with van der Waals surface area (Å²) in [5, 5.41) is 0. The first-order valence-electron chi connectivity index (χ1n) is 11.9. The number of nitrogens with one attached hydrogen (secondary N) is 1. The van der Waals surface area contributed by atoms with Crippen molar-refractivity contribution >= 4 is 27.7 Å². The van der Waals surface area contributed by atoms with E-state index in [0.29, 0.717) is 51.5 Å². The van der Waals surface area contributed by atoms with Crippen molar-refractivity contribution in [2.75, 3.05) is 59.0 Å². The first kappa shape index (κ1) is 24.6. The number of amides is 2. The summed E-state index contributed by atoms with van der Waals surface area (Å²) in [5.74, 6) is 0.0854. The maximum absolute atomic E-state index is 13.5. The van der Waals surface area contributed by atoms with E-state index in [-0.39, 0.29) is 28.5 Å². The predicted octanol–water partition coefficient (Wildman–Crippen LogP) is 0.143. The molecule has 0 aliphatic carbocycles. The maximum atomic E-state index is 13.5. The van der Waals surface area contributed by atoms with Crippen LogP contribution in [0.4, 0.5) is 0 Å². The van der Waals surface area contributed by atoms with Crippen LogP contribution in [0.5, 0.6) is 0 Å². The van der Waals surface area contributed by atoms with Gasteiger partial charge in [0.2, 0.25) is 11.8 Å². The number of sulfonamides is 1. The first-order valence-corrected chi connectivity index (χ1v) is 13.3. The lowest BCUT2D eigenvalue weighted by atomic mass is 9.97. The van der Waals surface area contributed by atoms with Crippen molar-refractivity contribution in [3.8, 4) is 0 Å². The minimum Gasteiger partial charge on any atom is -0.379 e. The van der Waals surface area contributed by atoms with E-state index in [0.717, 1.165) is 19.5 Å². The molecule has 0 aromatic heterocycles. The Morgan fingerprint density at radius 3 is 2.38 bits per heavy atom. The molecule has 2 fully saturated rings. The van der Waals surface area contributed by atoms with Crippen LogP contribution in [0, 0.1) is 5.92 Å². The van der Waals surface area contributed by atoms with E-state index in [2.05, 4.69) is 14.6 Å². The van der Waals surface area contributed by atoms with Gasteiger partial charge in [0.15, 0.2) is 0 Å². The van der Waals surface area contributed by atoms with Gasteiger partial charge in [0.05, 0.1) is 24.7 Å². The molecular formula is C23H33N5O5S. The van der Waals surface area contributed by atoms with Gasteiger partial charge in [-0.3, -0.25) is 24.2 Å². The summed E-state index contributed by atoms with van der Waals surface area (Å²) >= 11 is 0. The van der Waals surface area contributed by atoms with Crippen LogP contribution in [0.25, 0.3) is 0 Å². The van der Waals surface area contributed by atoms with Gasteiger partial charge in [-0.2, -0.15) is 0 Å². The molecule has 0 bridgehead atoms. The van der Waals surface area contributed by atoms with E-state index in [4.69, 9.17) is 4.74 Å². The Kier molecular flexibility index (Phi) is 7.54. The first-order chi connectivity index (χ1) is 16.3. The van der Waals surface area contributed by atoms with Crippen LogP contribution < -0.4 is 4.72 Å². The van der Waals surface area contributed by atoms with Gasteiger partial charge >= 0.3 is 0 Å². The zero-order valence-electron chi connectivity index (χ0n) is 19.8. The summed E-state index contributed by atoms with van der Waals surface area (Å²) in [6.07, 6.45) is 0.722. The van der Waals surface area contributed by atoms with Crippen LogP contribution in [-0.2, 0) is 24.3 Å². The largest absolute Gasteiger partial charge is 0.379 e. The molecule has 3 aliphatic heterocycles. The molecule has 186 valence electrons. The Morgan fingerprint density at radius 1 is 1.06 bits per heavy atom. The molecule has 1 aromatic rings. The average Bonchev–Trinajstić information content (AvgIpc) is 3.12. The topological polar surface area (TPSA) is 112 Å². The molecule has 10 nitrogen and oxygen atoms in total. The van der Waals surface area contributed by atoms with Crippen LogP contribution in [-0.4, -0.2) is 106 Å². The SMILES string of the molecule is CC[C@H](C)[C@H](N=C1NS(=O)(=O)c2ccccc21)C(=O)N1CCN(C(=O)CN2CCOCC2)CC1. The number of ether oxygens (including phenoxy) is 1. The Bertz CT molecular complexity index is 1050. The number of carbonyl (C=O) groups excluding carboxylic acids is 2. The average molecular weight is 492 g/mol. The molecule has 0 spiro atoms. The number of rotatable bonds is 6. The summed E-state index contributed by atoms with van der Waals surface area (Å²) < 4.78 is 32.8. The molecule has 0 unspecified atom stereocenters. The number of piperazine rings is 1. The molecule has 1 aromatic carbocycles. The Labute approximate surface area is 201 Å². The quantitative estimate of drug-likeness (QED) is 0.606. The van der Waals surface area contributed by atoms with Gasteiger partial charge in [-0.1, -0.05) is 32.4 Å². The highest BCUT2D eigenvalue weighted by atomic mass is 32.2. The number of benzene rings is 1. The van der Waals surface area contributed by atoms with Crippen molar-refractivity contribution in [3.63, 3.8) is 0 Å². The van der Waals surface area contributed by atoms with Crippen LogP contribution in [0.2, 0.25) is 0 Å². The maximum Gasteiger partial charge on any atom is 0.263 e. The van der Waals surface area contributed by atoms with Crippen LogP contribution in [0.1, 0.15) is 25.8 Å². The van der Waals surface area contributed by atoms with Gasteiger partial charge in [0.1, 0.15) is 11.9 Å². The van der Waals surface area contributed by atoms with Gasteiger partial charge in [-0.25, -0.2) is 8.42 Å². The van der Waals surface area contributed by atoms with Gasteiger partial charge in [0.25, 0.3) is 10.0 Å². The van der Waals surface area contributed by atoms with Gasteiger partial charge in [-0.15, -0.1) is 0 Å². The number of aliphatic imine (C=N–C) groups is 1. The summed E-state index contributed by atoms with van der Waals surface area (Å²) in [5.41, 5.74) is 0.488. The molecule has 3 aliphatic rings. The predicted molar refractivity (Wildman–Crippen MR) is 127 cm³/mol. The number of carbonyl (C=O) groups is 2. The monoisotopic (exact) mass is 491 g/mol. The normalized spacial score (nSPS) is 23.3. The Hall–Kier alpha value is -2.50. The lowest BCUT2D eigenvalue weighted by Crippen LogP contribution is -2.55. The molecule has 34 heavy (non-hydrogen) atoms. The zero-order valence-corrected chi connectivity index (χ0v) is 20.6. The van der Waals surface area contributed by atoms with Crippen LogP contribution in [0.15, 0.2) is 34.2 Å². The van der Waals surface area contributed by atoms with Gasteiger partial charge in [0, 0.05) is 44.8 Å². The number of fused-ring (bicyclic) bond motifs is 1. The molecule has 2 atom stereocenters. The molecule has 4 rings (SSSR count). The van der Waals surface area contributed by atoms with Crippen molar-refractivity contribution in [2.24, 2.45) is 10.9 Å². The highest BCUT2D eigenvalue weighted by molar-refractivity contribution is 7.90. The second-order valence-electron chi connectivity index (χ2n) is 9.00. The number of amidine groups is 1. The van der Waals surface area contributed by atoms with Crippen molar-refractivity contribution in [1.82, 2.24) is 19.4 Å². The van der Waals surface area contributed by atoms with E-state index in [1.807, 2.05) is 18.7 Å². The highest BCUT2D eigenvalue weighted by Gasteiger charge is 2.35. The highest BCUT2D eigenvalue weighted by Crippen LogP contribution is 2.24. The lowest BCUT2D eigenvalue weighted by Gasteiger charge is -2.37. The molecular weight excluding hydrogens is 458 g/mol. The lowest BCUT2D eigenvalue weighted by molar-refractivity contribution is -0.142. The smallest absolute Gasteiger partial charge is 0.263 e. The third-order valence-electron chi connectivity index (χ3n) is 6.77. The molecule has 0 radical (unpaired) electrons. The van der Waals surface area contributed by atoms with Gasteiger partial charge in [-0.05, 0) is 18.1 Å². The summed E-state index contributed by atoms with van der Waals surface area (Å²) in [7, 11) is -3.67. The zero-order chi connectivity index (χ0) is 24.3. The minimum atomic E-state index is -3.67. The minimum absolute atomic E-state index is 0.0711. The van der Waals surface area contributed by atoms with E-state index in [1.165, 1.54) is 6.07 Å². The van der Waals surface area contributed by atoms with Crippen molar-refractivity contribution < 1.29 is 22.7 Å². The summed E-state index contributed by atoms with van der Waals surface area (Å²) in [6, 6.07) is 5.95. The number of hydrogen-bond acceptors (Lipinski definition) is 7. The van der Waals surface area contributed by atoms with E-state index in [1.54, 1.807) is 23.1 Å². The summed E-state index contributed by atoms with van der Waals surface area (Å²) in [6.45, 7) is 8.96. The third kappa shape index (κ3) is 5.26. The fraction of sp³-hybridized carbons (Fsp3) is 0.609. The van der Waals surface area contributed by atoms with E-state index in [9.17, 15) is 18.0 Å². The number of nitrogens with zero attached hydrogens (tertiary/aromatic N) is 4. The fourth-order valence-electron chi connectivity index (χ4n) is 4.43. The molecule has 3 heterocycles. The van der Waals surface area contributed by atoms with Crippen molar-refractivity contribution in [1.29, 1.82) is 0 Å². The molecule has 2 saturated heterocycles. The molecule has 0 saturated carbocycles. The standard InChI is InChI=1S/C23H33N5O5S/c1-3-17(2)21(24-22-18-6-4-5-7-19(18)34(31,32)25-22)23(30)28-10-8-27(9-11-28)20(29)16-26-12-14-33-15-13-26/h4-7,17,21H,3,8-16H2,1-2H3,(H,24,25)/t17-,21-/m0/s1. The molecule has 11 heteroatoms. The summed E-state index contributed by atoms with van der Waals surface area (Å²) in [4.78, 5) is 36.6. The van der Waals surface area contributed by atoms with Gasteiger partial charge < -0.3 is 14.5 Å². The Morgan fingerprint density at radius 2 is 1.71 bits per heavy atom. The molecule has 1 N–H and O–H groups in total. The third-order valence-corrected chi connectivity index (χ3v) is 8.17. The van der Waals surface area contributed by atoms with E-state index >= 15 is 0 Å². The van der Waals surface area contributed by atoms with Crippen molar-refractivity contribution in [3.05, 3.63) is 29.8 Å². The number of hydrogen-bond donors (Lipinski definition) is 1. The van der Waals surface area contributed by atoms with Crippen LogP contribution in [0.3, 0.4) is 0 Å². The van der Waals surface area contributed by atoms with Crippen molar-refractivity contribution in [2.45, 2.75) is 31.2 Å². The fourth-order valence-corrected chi connectivity index (χ4v) is 5.67. The molecule has 2 amide bonds. The second-order valence-corrected chi connectivity index (χ2v) is 10.7.